The van der Waals surface area contributed by atoms with Crippen molar-refractivity contribution in [1.29, 1.82) is 0 Å². The maximum Gasteiger partial charge on any atom is 0.416 e. The van der Waals surface area contributed by atoms with Crippen molar-refractivity contribution in [2.24, 2.45) is 5.92 Å². The molecule has 3 rings (SSSR count). The van der Waals surface area contributed by atoms with Crippen molar-refractivity contribution in [2.45, 2.75) is 43.3 Å². The van der Waals surface area contributed by atoms with Gasteiger partial charge >= 0.3 is 6.18 Å². The number of nitrogens with one attached hydrogen (secondary N) is 1. The maximum atomic E-state index is 13.1. The summed E-state index contributed by atoms with van der Waals surface area (Å²) in [4.78, 5) is 0. The standard InChI is InChI=1S/C19H26F3NO2/c1-24-12-17(14-5-6-14)23-13-18(7-9-25-10-8-18)15-3-2-4-16(11-15)19(20,21)22/h2-4,11,14,17,23H,5-10,12-13H2,1H3. The van der Waals surface area contributed by atoms with E-state index in [9.17, 15) is 13.2 Å². The van der Waals surface area contributed by atoms with Crippen molar-refractivity contribution >= 4 is 0 Å². The van der Waals surface area contributed by atoms with E-state index in [1.54, 1.807) is 7.11 Å². The van der Waals surface area contributed by atoms with Crippen molar-refractivity contribution < 1.29 is 22.6 Å². The number of methoxy groups -OCH3 is 1. The van der Waals surface area contributed by atoms with E-state index in [1.165, 1.54) is 25.0 Å². The summed E-state index contributed by atoms with van der Waals surface area (Å²) in [6, 6.07) is 6.07. The molecule has 0 amide bonds. The zero-order chi connectivity index (χ0) is 17.9. The second-order valence-electron chi connectivity index (χ2n) is 7.25. The van der Waals surface area contributed by atoms with Crippen LogP contribution in [-0.2, 0) is 21.1 Å². The Labute approximate surface area is 146 Å². The maximum absolute atomic E-state index is 13.1. The van der Waals surface area contributed by atoms with Crippen molar-refractivity contribution in [3.8, 4) is 0 Å². The van der Waals surface area contributed by atoms with Crippen LogP contribution < -0.4 is 5.32 Å². The molecule has 3 nitrogen and oxygen atoms in total. The molecule has 6 heteroatoms. The van der Waals surface area contributed by atoms with Crippen LogP contribution in [0.25, 0.3) is 0 Å². The number of rotatable bonds is 7. The molecule has 1 aromatic rings. The van der Waals surface area contributed by atoms with Crippen LogP contribution in [0.15, 0.2) is 24.3 Å². The lowest BCUT2D eigenvalue weighted by Crippen LogP contribution is -2.47. The number of ether oxygens (including phenoxy) is 2. The molecule has 0 spiro atoms. The highest BCUT2D eigenvalue weighted by Crippen LogP contribution is 2.39. The first-order chi connectivity index (χ1) is 11.9. The molecule has 1 unspecified atom stereocenters. The fourth-order valence-corrected chi connectivity index (χ4v) is 3.72. The molecule has 0 radical (unpaired) electrons. The van der Waals surface area contributed by atoms with Gasteiger partial charge in [0.25, 0.3) is 0 Å². The average Bonchev–Trinajstić information content (AvgIpc) is 3.44. The van der Waals surface area contributed by atoms with Gasteiger partial charge in [-0.3, -0.25) is 0 Å². The Morgan fingerprint density at radius 3 is 2.60 bits per heavy atom. The van der Waals surface area contributed by atoms with Gasteiger partial charge in [-0.05, 0) is 43.2 Å². The molecule has 2 aliphatic rings. The highest BCUT2D eigenvalue weighted by molar-refractivity contribution is 5.33. The van der Waals surface area contributed by atoms with Crippen LogP contribution in [0.4, 0.5) is 13.2 Å². The van der Waals surface area contributed by atoms with Crippen LogP contribution in [0.3, 0.4) is 0 Å². The van der Waals surface area contributed by atoms with Crippen LogP contribution in [0.1, 0.15) is 36.8 Å². The van der Waals surface area contributed by atoms with Gasteiger partial charge in [0.1, 0.15) is 0 Å². The Morgan fingerprint density at radius 1 is 1.28 bits per heavy atom. The molecule has 2 fully saturated rings. The van der Waals surface area contributed by atoms with Gasteiger partial charge in [-0.25, -0.2) is 0 Å². The zero-order valence-corrected chi connectivity index (χ0v) is 14.6. The second kappa shape index (κ2) is 7.64. The molecule has 1 aliphatic carbocycles. The van der Waals surface area contributed by atoms with Crippen molar-refractivity contribution in [1.82, 2.24) is 5.32 Å². The first-order valence-electron chi connectivity index (χ1n) is 8.92. The minimum Gasteiger partial charge on any atom is -0.383 e. The molecule has 25 heavy (non-hydrogen) atoms. The lowest BCUT2D eigenvalue weighted by Gasteiger charge is -2.39. The molecule has 1 N–H and O–H groups in total. The van der Waals surface area contributed by atoms with Crippen LogP contribution in [0.5, 0.6) is 0 Å². The SMILES string of the molecule is COCC(NCC1(c2cccc(C(F)(F)F)c2)CCOCC1)C1CC1. The Morgan fingerprint density at radius 2 is 2.00 bits per heavy atom. The summed E-state index contributed by atoms with van der Waals surface area (Å²) in [6.07, 6.45) is -0.471. The monoisotopic (exact) mass is 357 g/mol. The molecular weight excluding hydrogens is 331 g/mol. The second-order valence-corrected chi connectivity index (χ2v) is 7.25. The van der Waals surface area contributed by atoms with Crippen LogP contribution in [-0.4, -0.2) is 39.5 Å². The van der Waals surface area contributed by atoms with Crippen LogP contribution in [0.2, 0.25) is 0 Å². The van der Waals surface area contributed by atoms with Crippen LogP contribution in [0, 0.1) is 5.92 Å². The third-order valence-corrected chi connectivity index (χ3v) is 5.49. The summed E-state index contributed by atoms with van der Waals surface area (Å²) in [7, 11) is 1.69. The van der Waals surface area contributed by atoms with Gasteiger partial charge in [0.05, 0.1) is 12.2 Å². The molecule has 1 atom stereocenters. The minimum atomic E-state index is -4.32. The van der Waals surface area contributed by atoms with Gasteiger partial charge in [-0.1, -0.05) is 18.2 Å². The van der Waals surface area contributed by atoms with E-state index in [4.69, 9.17) is 9.47 Å². The van der Waals surface area contributed by atoms with E-state index in [0.717, 1.165) is 24.5 Å². The van der Waals surface area contributed by atoms with E-state index < -0.39 is 11.7 Å². The number of alkyl halides is 3. The Bertz CT molecular complexity index is 566. The molecule has 1 heterocycles. The van der Waals surface area contributed by atoms with Crippen molar-refractivity contribution in [3.63, 3.8) is 0 Å². The summed E-state index contributed by atoms with van der Waals surface area (Å²) < 4.78 is 50.2. The highest BCUT2D eigenvalue weighted by Gasteiger charge is 2.39. The third kappa shape index (κ3) is 4.54. The Hall–Kier alpha value is -1.11. The van der Waals surface area contributed by atoms with Gasteiger partial charge < -0.3 is 14.8 Å². The van der Waals surface area contributed by atoms with Gasteiger partial charge in [0.15, 0.2) is 0 Å². The highest BCUT2D eigenvalue weighted by atomic mass is 19.4. The molecule has 0 bridgehead atoms. The topological polar surface area (TPSA) is 30.5 Å². The van der Waals surface area contributed by atoms with E-state index in [2.05, 4.69) is 5.32 Å². The molecule has 1 saturated heterocycles. The van der Waals surface area contributed by atoms with E-state index >= 15 is 0 Å². The lowest BCUT2D eigenvalue weighted by atomic mass is 9.73. The Balaban J connectivity index is 1.81. The zero-order valence-electron chi connectivity index (χ0n) is 14.6. The molecule has 1 saturated carbocycles. The quantitative estimate of drug-likeness (QED) is 0.806. The Kier molecular flexibility index (Phi) is 5.71. The summed E-state index contributed by atoms with van der Waals surface area (Å²) in [6.45, 7) is 2.45. The van der Waals surface area contributed by atoms with Gasteiger partial charge in [-0.15, -0.1) is 0 Å². The lowest BCUT2D eigenvalue weighted by molar-refractivity contribution is -0.137. The summed E-state index contributed by atoms with van der Waals surface area (Å²) in [5.41, 5.74) is -0.142. The third-order valence-electron chi connectivity index (χ3n) is 5.49. The summed E-state index contributed by atoms with van der Waals surface area (Å²) in [5.74, 6) is 0.623. The van der Waals surface area contributed by atoms with E-state index in [0.29, 0.717) is 32.3 Å². The normalized spacial score (nSPS) is 21.9. The molecule has 0 aromatic heterocycles. The summed E-state index contributed by atoms with van der Waals surface area (Å²) >= 11 is 0. The fraction of sp³-hybridized carbons (Fsp3) is 0.684. The van der Waals surface area contributed by atoms with Crippen LogP contribution >= 0.6 is 0 Å². The van der Waals surface area contributed by atoms with Gasteiger partial charge in [-0.2, -0.15) is 13.2 Å². The van der Waals surface area contributed by atoms with Crippen molar-refractivity contribution in [2.75, 3.05) is 33.5 Å². The average molecular weight is 357 g/mol. The smallest absolute Gasteiger partial charge is 0.383 e. The molecule has 1 aromatic carbocycles. The van der Waals surface area contributed by atoms with E-state index in [-0.39, 0.29) is 11.5 Å². The number of benzene rings is 1. The van der Waals surface area contributed by atoms with Gasteiger partial charge in [0.2, 0.25) is 0 Å². The first-order valence-corrected chi connectivity index (χ1v) is 8.92. The fourth-order valence-electron chi connectivity index (χ4n) is 3.72. The number of hydrogen-bond acceptors (Lipinski definition) is 3. The predicted molar refractivity (Wildman–Crippen MR) is 89.6 cm³/mol. The largest absolute Gasteiger partial charge is 0.416 e. The van der Waals surface area contributed by atoms with E-state index in [1.807, 2.05) is 6.07 Å². The molecular formula is C19H26F3NO2. The number of halogens is 3. The number of hydrogen-bond donors (Lipinski definition) is 1. The molecule has 140 valence electrons. The van der Waals surface area contributed by atoms with Gasteiger partial charge in [0, 0.05) is 38.3 Å². The predicted octanol–water partition coefficient (Wildman–Crippen LogP) is 3.77. The molecule has 1 aliphatic heterocycles. The van der Waals surface area contributed by atoms with Crippen molar-refractivity contribution in [3.05, 3.63) is 35.4 Å². The summed E-state index contributed by atoms with van der Waals surface area (Å²) in [5, 5.41) is 3.59. The first kappa shape index (κ1) is 18.7. The minimum absolute atomic E-state index is 0.274.